The van der Waals surface area contributed by atoms with Crippen molar-refractivity contribution in [3.05, 3.63) is 59.9 Å². The molecule has 6 heteroatoms. The summed E-state index contributed by atoms with van der Waals surface area (Å²) in [6.45, 7) is 0.589. The van der Waals surface area contributed by atoms with Crippen molar-refractivity contribution in [3.63, 3.8) is 0 Å². The van der Waals surface area contributed by atoms with Crippen molar-refractivity contribution in [2.24, 2.45) is 10.7 Å². The Labute approximate surface area is 153 Å². The smallest absolute Gasteiger partial charge is 0.193 e. The molecule has 0 aromatic heterocycles. The van der Waals surface area contributed by atoms with Gasteiger partial charge in [0.15, 0.2) is 5.96 Å². The fourth-order valence-electron chi connectivity index (χ4n) is 2.04. The van der Waals surface area contributed by atoms with Gasteiger partial charge in [-0.15, -0.1) is 24.0 Å². The molecule has 124 valence electrons. The maximum atomic E-state index is 13.0. The molecule has 0 aliphatic carbocycles. The van der Waals surface area contributed by atoms with Crippen LogP contribution < -0.4 is 15.8 Å². The zero-order valence-corrected chi connectivity index (χ0v) is 15.3. The zero-order valence-electron chi connectivity index (χ0n) is 13.0. The molecule has 0 radical (unpaired) electrons. The third kappa shape index (κ3) is 6.85. The van der Waals surface area contributed by atoms with Gasteiger partial charge in [-0.3, -0.25) is 4.99 Å². The van der Waals surface area contributed by atoms with Crippen molar-refractivity contribution in [3.8, 4) is 5.75 Å². The van der Waals surface area contributed by atoms with Crippen LogP contribution in [0.2, 0.25) is 0 Å². The molecule has 0 saturated carbocycles. The minimum Gasteiger partial charge on any atom is -0.497 e. The first-order valence-electron chi connectivity index (χ1n) is 7.13. The summed E-state index contributed by atoms with van der Waals surface area (Å²) in [5.74, 6) is 0.947. The first-order valence-corrected chi connectivity index (χ1v) is 7.13. The monoisotopic (exact) mass is 429 g/mol. The number of benzene rings is 2. The first-order chi connectivity index (χ1) is 10.7. The van der Waals surface area contributed by atoms with E-state index in [4.69, 9.17) is 10.5 Å². The van der Waals surface area contributed by atoms with Crippen molar-refractivity contribution in [1.29, 1.82) is 0 Å². The van der Waals surface area contributed by atoms with Crippen LogP contribution in [0, 0.1) is 5.82 Å². The standard InChI is InChI=1S/C17H20FN3O.HI/c1-22-16-9-7-15(8-10-16)21-17(19)20-11-3-5-13-4-2-6-14(18)12-13;/h2,4,6-10,12H,3,5,11H2,1H3,(H3,19,20,21);1H. The molecule has 3 N–H and O–H groups in total. The number of halogens is 2. The lowest BCUT2D eigenvalue weighted by Crippen LogP contribution is -2.22. The van der Waals surface area contributed by atoms with Crippen LogP contribution in [0.4, 0.5) is 10.1 Å². The summed E-state index contributed by atoms with van der Waals surface area (Å²) in [5.41, 5.74) is 7.65. The number of nitrogens with one attached hydrogen (secondary N) is 1. The van der Waals surface area contributed by atoms with E-state index >= 15 is 0 Å². The number of anilines is 1. The van der Waals surface area contributed by atoms with Gasteiger partial charge < -0.3 is 15.8 Å². The zero-order chi connectivity index (χ0) is 15.8. The highest BCUT2D eigenvalue weighted by atomic mass is 127. The molecule has 0 atom stereocenters. The summed E-state index contributed by atoms with van der Waals surface area (Å²) in [4.78, 5) is 4.26. The van der Waals surface area contributed by atoms with Gasteiger partial charge in [-0.05, 0) is 54.8 Å². The van der Waals surface area contributed by atoms with Crippen molar-refractivity contribution in [2.45, 2.75) is 12.8 Å². The molecule has 0 aliphatic rings. The third-order valence-electron chi connectivity index (χ3n) is 3.16. The fourth-order valence-corrected chi connectivity index (χ4v) is 2.04. The highest BCUT2D eigenvalue weighted by Crippen LogP contribution is 2.14. The molecule has 0 amide bonds. The molecule has 0 aliphatic heterocycles. The lowest BCUT2D eigenvalue weighted by Gasteiger charge is -2.06. The quantitative estimate of drug-likeness (QED) is 0.318. The molecular formula is C17H21FIN3O. The summed E-state index contributed by atoms with van der Waals surface area (Å²) in [7, 11) is 1.62. The number of hydrogen-bond acceptors (Lipinski definition) is 2. The molecule has 0 fully saturated rings. The summed E-state index contributed by atoms with van der Waals surface area (Å²) >= 11 is 0. The number of aryl methyl sites for hydroxylation is 1. The first kappa shape index (κ1) is 19.2. The van der Waals surface area contributed by atoms with Gasteiger partial charge in [0.2, 0.25) is 0 Å². The van der Waals surface area contributed by atoms with Crippen LogP contribution in [0.15, 0.2) is 53.5 Å². The molecule has 2 rings (SSSR count). The molecule has 0 heterocycles. The van der Waals surface area contributed by atoms with Crippen LogP contribution >= 0.6 is 24.0 Å². The predicted octanol–water partition coefficient (Wildman–Crippen LogP) is 3.81. The summed E-state index contributed by atoms with van der Waals surface area (Å²) in [6.07, 6.45) is 1.59. The van der Waals surface area contributed by atoms with E-state index in [9.17, 15) is 4.39 Å². The molecular weight excluding hydrogens is 408 g/mol. The summed E-state index contributed by atoms with van der Waals surface area (Å²) < 4.78 is 18.1. The van der Waals surface area contributed by atoms with Crippen LogP contribution in [0.25, 0.3) is 0 Å². The Morgan fingerprint density at radius 2 is 1.96 bits per heavy atom. The van der Waals surface area contributed by atoms with E-state index in [0.29, 0.717) is 12.5 Å². The Morgan fingerprint density at radius 3 is 2.61 bits per heavy atom. The van der Waals surface area contributed by atoms with Gasteiger partial charge in [-0.25, -0.2) is 4.39 Å². The largest absolute Gasteiger partial charge is 0.497 e. The van der Waals surface area contributed by atoms with Crippen molar-refractivity contribution < 1.29 is 9.13 Å². The van der Waals surface area contributed by atoms with E-state index in [1.807, 2.05) is 30.3 Å². The number of methoxy groups -OCH3 is 1. The molecule has 2 aromatic carbocycles. The number of nitrogens with two attached hydrogens (primary N) is 1. The Hall–Kier alpha value is -1.83. The predicted molar refractivity (Wildman–Crippen MR) is 103 cm³/mol. The Kier molecular flexibility index (Phi) is 8.39. The van der Waals surface area contributed by atoms with Gasteiger partial charge in [-0.1, -0.05) is 12.1 Å². The summed E-state index contributed by atoms with van der Waals surface area (Å²) in [5, 5.41) is 3.01. The molecule has 0 bridgehead atoms. The highest BCUT2D eigenvalue weighted by Gasteiger charge is 1.97. The van der Waals surface area contributed by atoms with E-state index in [0.717, 1.165) is 29.8 Å². The number of nitrogens with zero attached hydrogens (tertiary/aromatic N) is 1. The van der Waals surface area contributed by atoms with Crippen molar-refractivity contribution in [1.82, 2.24) is 0 Å². The molecule has 23 heavy (non-hydrogen) atoms. The Morgan fingerprint density at radius 1 is 1.22 bits per heavy atom. The van der Waals surface area contributed by atoms with E-state index in [1.54, 1.807) is 19.2 Å². The second-order valence-corrected chi connectivity index (χ2v) is 4.85. The van der Waals surface area contributed by atoms with Crippen LogP contribution in [-0.2, 0) is 6.42 Å². The summed E-state index contributed by atoms with van der Waals surface area (Å²) in [6, 6.07) is 14.0. The van der Waals surface area contributed by atoms with Crippen LogP contribution in [0.5, 0.6) is 5.75 Å². The Balaban J connectivity index is 0.00000264. The second kappa shape index (κ2) is 10.0. The van der Waals surface area contributed by atoms with Gasteiger partial charge >= 0.3 is 0 Å². The number of aliphatic imine (C=N–C) groups is 1. The van der Waals surface area contributed by atoms with Crippen molar-refractivity contribution in [2.75, 3.05) is 19.0 Å². The molecule has 4 nitrogen and oxygen atoms in total. The molecule has 0 unspecified atom stereocenters. The number of ether oxygens (including phenoxy) is 1. The van der Waals surface area contributed by atoms with E-state index < -0.39 is 0 Å². The van der Waals surface area contributed by atoms with Gasteiger partial charge in [0.1, 0.15) is 11.6 Å². The number of rotatable bonds is 6. The molecule has 0 spiro atoms. The van der Waals surface area contributed by atoms with Gasteiger partial charge in [-0.2, -0.15) is 0 Å². The van der Waals surface area contributed by atoms with E-state index in [1.165, 1.54) is 6.07 Å². The van der Waals surface area contributed by atoms with Gasteiger partial charge in [0.05, 0.1) is 7.11 Å². The van der Waals surface area contributed by atoms with E-state index in [-0.39, 0.29) is 29.8 Å². The minimum atomic E-state index is -0.207. The van der Waals surface area contributed by atoms with Crippen LogP contribution in [0.3, 0.4) is 0 Å². The highest BCUT2D eigenvalue weighted by molar-refractivity contribution is 14.0. The lowest BCUT2D eigenvalue weighted by atomic mass is 10.1. The third-order valence-corrected chi connectivity index (χ3v) is 3.16. The molecule has 0 saturated heterocycles. The van der Waals surface area contributed by atoms with E-state index in [2.05, 4.69) is 10.3 Å². The average molecular weight is 429 g/mol. The lowest BCUT2D eigenvalue weighted by molar-refractivity contribution is 0.415. The normalized spacial score (nSPS) is 10.8. The average Bonchev–Trinajstić information content (AvgIpc) is 2.52. The van der Waals surface area contributed by atoms with Gasteiger partial charge in [0.25, 0.3) is 0 Å². The number of hydrogen-bond donors (Lipinski definition) is 2. The van der Waals surface area contributed by atoms with Crippen LogP contribution in [0.1, 0.15) is 12.0 Å². The minimum absolute atomic E-state index is 0. The van der Waals surface area contributed by atoms with Crippen molar-refractivity contribution >= 4 is 35.6 Å². The SMILES string of the molecule is COc1ccc(NC(N)=NCCCc2cccc(F)c2)cc1.I. The van der Waals surface area contributed by atoms with Gasteiger partial charge in [0, 0.05) is 12.2 Å². The second-order valence-electron chi connectivity index (χ2n) is 4.85. The fraction of sp³-hybridized carbons (Fsp3) is 0.235. The Bertz CT molecular complexity index is 632. The number of guanidine groups is 1. The maximum absolute atomic E-state index is 13.0. The molecule has 2 aromatic rings. The maximum Gasteiger partial charge on any atom is 0.193 e. The topological polar surface area (TPSA) is 59.6 Å². The van der Waals surface area contributed by atoms with Crippen LogP contribution in [-0.4, -0.2) is 19.6 Å².